The standard InChI is InChI=1S/C22H30F2N2O6/c23-15-7-14(8-16(24)9-15)20-10-17(25-32-20)13-31-6-4-2-1-3-5-26-11-18(27)21(29)22(30)19(28)12-26/h7-10,18-19,21-22,27-30H,1-6,11-13H2/t18-,19-,21+,22+/m0/s1. The SMILES string of the molecule is O[C@H]1[C@H](O)[C@@H](O)CN(CCCCCCOCc2cc(-c3cc(F)cc(F)c3)on2)C[C@@H]1O. The fraction of sp³-hybridized carbons (Fsp3) is 0.591. The van der Waals surface area contributed by atoms with Gasteiger partial charge in [0.05, 0.1) is 18.8 Å². The van der Waals surface area contributed by atoms with Gasteiger partial charge in [0.25, 0.3) is 0 Å². The molecule has 0 bridgehead atoms. The fourth-order valence-corrected chi connectivity index (χ4v) is 3.74. The Labute approximate surface area is 185 Å². The van der Waals surface area contributed by atoms with Crippen LogP contribution in [-0.2, 0) is 11.3 Å². The van der Waals surface area contributed by atoms with Gasteiger partial charge in [0, 0.05) is 37.4 Å². The van der Waals surface area contributed by atoms with Gasteiger partial charge in [-0.2, -0.15) is 0 Å². The molecule has 0 unspecified atom stereocenters. The van der Waals surface area contributed by atoms with Crippen molar-refractivity contribution in [3.8, 4) is 11.3 Å². The smallest absolute Gasteiger partial charge is 0.167 e. The number of halogens is 2. The van der Waals surface area contributed by atoms with E-state index in [1.807, 2.05) is 4.90 Å². The summed E-state index contributed by atoms with van der Waals surface area (Å²) < 4.78 is 37.3. The molecule has 0 radical (unpaired) electrons. The molecule has 1 saturated heterocycles. The highest BCUT2D eigenvalue weighted by Crippen LogP contribution is 2.23. The van der Waals surface area contributed by atoms with Gasteiger partial charge >= 0.3 is 0 Å². The maximum Gasteiger partial charge on any atom is 0.167 e. The first-order chi connectivity index (χ1) is 15.3. The highest BCUT2D eigenvalue weighted by Gasteiger charge is 2.35. The number of likely N-dealkylation sites (tertiary alicyclic amines) is 1. The molecule has 10 heteroatoms. The summed E-state index contributed by atoms with van der Waals surface area (Å²) in [5.41, 5.74) is 0.807. The lowest BCUT2D eigenvalue weighted by Crippen LogP contribution is -2.43. The summed E-state index contributed by atoms with van der Waals surface area (Å²) in [5.74, 6) is -1.11. The minimum absolute atomic E-state index is 0.209. The van der Waals surface area contributed by atoms with Gasteiger partial charge in [-0.1, -0.05) is 18.0 Å². The number of unbranched alkanes of at least 4 members (excludes halogenated alkanes) is 3. The second kappa shape index (κ2) is 11.8. The van der Waals surface area contributed by atoms with Crippen molar-refractivity contribution in [3.63, 3.8) is 0 Å². The molecule has 3 rings (SSSR count). The van der Waals surface area contributed by atoms with Gasteiger partial charge in [-0.25, -0.2) is 8.78 Å². The molecule has 178 valence electrons. The van der Waals surface area contributed by atoms with E-state index in [0.717, 1.165) is 31.7 Å². The number of aromatic nitrogens is 1. The molecule has 32 heavy (non-hydrogen) atoms. The van der Waals surface area contributed by atoms with Crippen molar-refractivity contribution in [2.45, 2.75) is 56.7 Å². The highest BCUT2D eigenvalue weighted by molar-refractivity contribution is 5.57. The highest BCUT2D eigenvalue weighted by atomic mass is 19.1. The van der Waals surface area contributed by atoms with Crippen LogP contribution < -0.4 is 0 Å². The summed E-state index contributed by atoms with van der Waals surface area (Å²) in [5, 5.41) is 43.1. The Morgan fingerprint density at radius 2 is 1.53 bits per heavy atom. The van der Waals surface area contributed by atoms with Gasteiger partial charge in [-0.05, 0) is 31.5 Å². The molecular formula is C22H30F2N2O6. The lowest BCUT2D eigenvalue weighted by atomic mass is 10.1. The van der Waals surface area contributed by atoms with Gasteiger partial charge in [0.1, 0.15) is 29.5 Å². The molecule has 8 nitrogen and oxygen atoms in total. The van der Waals surface area contributed by atoms with Crippen LogP contribution in [0.2, 0.25) is 0 Å². The summed E-state index contributed by atoms with van der Waals surface area (Å²) in [7, 11) is 0. The molecule has 1 aliphatic rings. The van der Waals surface area contributed by atoms with Gasteiger partial charge in [0.2, 0.25) is 0 Å². The Morgan fingerprint density at radius 3 is 2.19 bits per heavy atom. The number of rotatable bonds is 10. The number of hydrogen-bond donors (Lipinski definition) is 4. The summed E-state index contributed by atoms with van der Waals surface area (Å²) in [4.78, 5) is 1.85. The monoisotopic (exact) mass is 456 g/mol. The van der Waals surface area contributed by atoms with Crippen LogP contribution in [0.5, 0.6) is 0 Å². The second-order valence-corrected chi connectivity index (χ2v) is 8.18. The molecule has 1 aromatic carbocycles. The predicted molar refractivity (Wildman–Crippen MR) is 110 cm³/mol. The number of β-amino-alcohol motifs (C(OH)–C–C–N with tert-alkyl or cyclic N) is 2. The second-order valence-electron chi connectivity index (χ2n) is 8.18. The van der Waals surface area contributed by atoms with E-state index in [0.29, 0.717) is 18.8 Å². The van der Waals surface area contributed by atoms with E-state index >= 15 is 0 Å². The van der Waals surface area contributed by atoms with Gasteiger partial charge in [0.15, 0.2) is 5.76 Å². The molecule has 2 heterocycles. The van der Waals surface area contributed by atoms with E-state index in [-0.39, 0.29) is 31.0 Å². The van der Waals surface area contributed by atoms with Crippen LogP contribution in [0.4, 0.5) is 8.78 Å². The lowest BCUT2D eigenvalue weighted by molar-refractivity contribution is -0.0894. The molecule has 1 aromatic heterocycles. The number of ether oxygens (including phenoxy) is 1. The van der Waals surface area contributed by atoms with E-state index in [1.165, 1.54) is 12.1 Å². The van der Waals surface area contributed by atoms with E-state index < -0.39 is 36.1 Å². The third kappa shape index (κ3) is 7.03. The minimum atomic E-state index is -1.34. The van der Waals surface area contributed by atoms with Gasteiger partial charge < -0.3 is 29.7 Å². The maximum atomic E-state index is 13.3. The Balaban J connectivity index is 1.29. The van der Waals surface area contributed by atoms with Crippen LogP contribution in [0.15, 0.2) is 28.8 Å². The first-order valence-electron chi connectivity index (χ1n) is 10.8. The Kier molecular flexibility index (Phi) is 9.09. The number of benzene rings is 1. The Bertz CT molecular complexity index is 815. The van der Waals surface area contributed by atoms with Crippen molar-refractivity contribution < 1.29 is 38.5 Å². The molecule has 1 fully saturated rings. The third-order valence-corrected chi connectivity index (χ3v) is 5.50. The molecular weight excluding hydrogens is 426 g/mol. The zero-order valence-electron chi connectivity index (χ0n) is 17.7. The lowest BCUT2D eigenvalue weighted by Gasteiger charge is -2.23. The van der Waals surface area contributed by atoms with Gasteiger partial charge in [-0.15, -0.1) is 0 Å². The van der Waals surface area contributed by atoms with E-state index in [9.17, 15) is 29.2 Å². The Morgan fingerprint density at radius 1 is 0.906 bits per heavy atom. The fourth-order valence-electron chi connectivity index (χ4n) is 3.74. The van der Waals surface area contributed by atoms with E-state index in [1.54, 1.807) is 6.07 Å². The number of hydrogen-bond acceptors (Lipinski definition) is 8. The van der Waals surface area contributed by atoms with Crippen molar-refractivity contribution >= 4 is 0 Å². The van der Waals surface area contributed by atoms with Crippen LogP contribution >= 0.6 is 0 Å². The molecule has 0 aliphatic carbocycles. The van der Waals surface area contributed by atoms with E-state index in [2.05, 4.69) is 5.16 Å². The molecule has 0 saturated carbocycles. The topological polar surface area (TPSA) is 119 Å². The average molecular weight is 456 g/mol. The molecule has 4 atom stereocenters. The van der Waals surface area contributed by atoms with Crippen molar-refractivity contribution in [2.24, 2.45) is 0 Å². The summed E-state index contributed by atoms with van der Waals surface area (Å²) >= 11 is 0. The van der Waals surface area contributed by atoms with Crippen LogP contribution in [0.1, 0.15) is 31.4 Å². The molecule has 2 aromatic rings. The van der Waals surface area contributed by atoms with Crippen LogP contribution in [-0.4, -0.2) is 81.1 Å². The van der Waals surface area contributed by atoms with Gasteiger partial charge in [-0.3, -0.25) is 4.90 Å². The van der Waals surface area contributed by atoms with Crippen molar-refractivity contribution in [2.75, 3.05) is 26.2 Å². The zero-order valence-corrected chi connectivity index (χ0v) is 17.7. The third-order valence-electron chi connectivity index (χ3n) is 5.50. The van der Waals surface area contributed by atoms with Crippen molar-refractivity contribution in [1.82, 2.24) is 10.1 Å². The van der Waals surface area contributed by atoms with Crippen LogP contribution in [0.25, 0.3) is 11.3 Å². The summed E-state index contributed by atoms with van der Waals surface area (Å²) in [6.07, 6.45) is -1.33. The quantitative estimate of drug-likeness (QED) is 0.397. The maximum absolute atomic E-state index is 13.3. The normalized spacial score (nSPS) is 24.6. The van der Waals surface area contributed by atoms with Crippen LogP contribution in [0, 0.1) is 11.6 Å². The number of nitrogens with zero attached hydrogens (tertiary/aromatic N) is 2. The first kappa shape index (κ1) is 24.7. The van der Waals surface area contributed by atoms with Crippen LogP contribution in [0.3, 0.4) is 0 Å². The van der Waals surface area contributed by atoms with Crippen molar-refractivity contribution in [1.29, 1.82) is 0 Å². The zero-order chi connectivity index (χ0) is 23.1. The van der Waals surface area contributed by atoms with Crippen molar-refractivity contribution in [3.05, 3.63) is 41.6 Å². The molecule has 1 aliphatic heterocycles. The molecule has 0 amide bonds. The molecule has 0 spiro atoms. The Hall–Kier alpha value is -1.95. The number of aliphatic hydroxyl groups is 4. The molecule has 4 N–H and O–H groups in total. The largest absolute Gasteiger partial charge is 0.389 e. The summed E-state index contributed by atoms with van der Waals surface area (Å²) in [6.45, 7) is 1.82. The predicted octanol–water partition coefficient (Wildman–Crippen LogP) is 1.46. The number of aliphatic hydroxyl groups excluding tert-OH is 4. The average Bonchev–Trinajstić information content (AvgIpc) is 3.19. The van der Waals surface area contributed by atoms with E-state index in [4.69, 9.17) is 9.26 Å². The summed E-state index contributed by atoms with van der Waals surface area (Å²) in [6, 6.07) is 4.72. The minimum Gasteiger partial charge on any atom is -0.389 e. The first-order valence-corrected chi connectivity index (χ1v) is 10.8.